The highest BCUT2D eigenvalue weighted by atomic mass is 35.5. The molecule has 0 spiro atoms. The molecule has 0 atom stereocenters. The maximum atomic E-state index is 5.98. The second-order valence-electron chi connectivity index (χ2n) is 3.12. The number of aryl methyl sites for hydroxylation is 1. The molecule has 2 heterocycles. The molecule has 4 heteroatoms. The van der Waals surface area contributed by atoms with Crippen molar-refractivity contribution in [1.29, 1.82) is 0 Å². The van der Waals surface area contributed by atoms with Crippen LogP contribution in [0.25, 0.3) is 0 Å². The third kappa shape index (κ3) is 1.93. The number of hydrogen-bond donors (Lipinski definition) is 0. The van der Waals surface area contributed by atoms with Gasteiger partial charge in [-0.25, -0.2) is 0 Å². The molecule has 0 radical (unpaired) electrons. The quantitative estimate of drug-likeness (QED) is 0.757. The number of rotatable bonds is 2. The van der Waals surface area contributed by atoms with Crippen LogP contribution in [0.1, 0.15) is 11.3 Å². The lowest BCUT2D eigenvalue weighted by Gasteiger charge is -2.03. The van der Waals surface area contributed by atoms with Crippen LogP contribution in [0.15, 0.2) is 30.7 Å². The van der Waals surface area contributed by atoms with Crippen molar-refractivity contribution in [3.05, 3.63) is 47.0 Å². The van der Waals surface area contributed by atoms with Crippen LogP contribution in [-0.4, -0.2) is 14.8 Å². The second kappa shape index (κ2) is 3.80. The van der Waals surface area contributed by atoms with Gasteiger partial charge in [-0.05, 0) is 24.6 Å². The van der Waals surface area contributed by atoms with Gasteiger partial charge in [0.1, 0.15) is 0 Å². The molecular weight excluding hydrogens is 198 g/mol. The molecular formula is C10H10ClN3. The Morgan fingerprint density at radius 1 is 1.43 bits per heavy atom. The predicted molar refractivity (Wildman–Crippen MR) is 55.3 cm³/mol. The van der Waals surface area contributed by atoms with Crippen molar-refractivity contribution in [2.24, 2.45) is 0 Å². The van der Waals surface area contributed by atoms with Crippen LogP contribution in [0.3, 0.4) is 0 Å². The maximum Gasteiger partial charge on any atom is 0.0675 e. The van der Waals surface area contributed by atoms with Gasteiger partial charge in [0.15, 0.2) is 0 Å². The Morgan fingerprint density at radius 2 is 2.29 bits per heavy atom. The minimum absolute atomic E-state index is 0.681. The molecule has 2 aromatic rings. The van der Waals surface area contributed by atoms with E-state index in [-0.39, 0.29) is 0 Å². The third-order valence-electron chi connectivity index (χ3n) is 1.96. The van der Waals surface area contributed by atoms with Crippen molar-refractivity contribution < 1.29 is 0 Å². The molecule has 0 aromatic carbocycles. The normalized spacial score (nSPS) is 10.4. The summed E-state index contributed by atoms with van der Waals surface area (Å²) in [5, 5.41) is 4.97. The van der Waals surface area contributed by atoms with Gasteiger partial charge in [0.05, 0.1) is 17.3 Å². The SMILES string of the molecule is Cc1ccn(Cc2ccncc2Cl)n1. The lowest BCUT2D eigenvalue weighted by molar-refractivity contribution is 0.679. The Kier molecular flexibility index (Phi) is 2.50. The van der Waals surface area contributed by atoms with E-state index in [1.807, 2.05) is 29.9 Å². The minimum Gasteiger partial charge on any atom is -0.268 e. The van der Waals surface area contributed by atoms with E-state index in [1.54, 1.807) is 12.4 Å². The summed E-state index contributed by atoms with van der Waals surface area (Å²) in [5.74, 6) is 0. The van der Waals surface area contributed by atoms with Gasteiger partial charge in [-0.1, -0.05) is 11.6 Å². The first-order valence-corrected chi connectivity index (χ1v) is 4.72. The standard InChI is InChI=1S/C10H10ClN3/c1-8-3-5-14(13-8)7-9-2-4-12-6-10(9)11/h2-6H,7H2,1H3. The van der Waals surface area contributed by atoms with E-state index in [2.05, 4.69) is 10.1 Å². The summed E-state index contributed by atoms with van der Waals surface area (Å²) in [4.78, 5) is 3.93. The van der Waals surface area contributed by atoms with Crippen molar-refractivity contribution in [2.75, 3.05) is 0 Å². The molecule has 0 aliphatic carbocycles. The van der Waals surface area contributed by atoms with E-state index < -0.39 is 0 Å². The van der Waals surface area contributed by atoms with Gasteiger partial charge < -0.3 is 0 Å². The van der Waals surface area contributed by atoms with Crippen LogP contribution in [0, 0.1) is 6.92 Å². The van der Waals surface area contributed by atoms with Gasteiger partial charge >= 0.3 is 0 Å². The van der Waals surface area contributed by atoms with Crippen molar-refractivity contribution in [3.63, 3.8) is 0 Å². The van der Waals surface area contributed by atoms with Gasteiger partial charge in [0.25, 0.3) is 0 Å². The fourth-order valence-electron chi connectivity index (χ4n) is 1.26. The van der Waals surface area contributed by atoms with E-state index in [9.17, 15) is 0 Å². The van der Waals surface area contributed by atoms with Crippen LogP contribution >= 0.6 is 11.6 Å². The number of nitrogens with zero attached hydrogens (tertiary/aromatic N) is 3. The van der Waals surface area contributed by atoms with Crippen LogP contribution in [0.2, 0.25) is 5.02 Å². The lowest BCUT2D eigenvalue weighted by Crippen LogP contribution is -2.01. The largest absolute Gasteiger partial charge is 0.268 e. The van der Waals surface area contributed by atoms with Crippen LogP contribution in [0.4, 0.5) is 0 Å². The number of halogens is 1. The molecule has 2 rings (SSSR count). The molecule has 0 amide bonds. The fraction of sp³-hybridized carbons (Fsp3) is 0.200. The fourth-order valence-corrected chi connectivity index (χ4v) is 1.44. The average molecular weight is 208 g/mol. The average Bonchev–Trinajstić information content (AvgIpc) is 2.56. The summed E-state index contributed by atoms with van der Waals surface area (Å²) in [5.41, 5.74) is 2.04. The molecule has 0 N–H and O–H groups in total. The first kappa shape index (κ1) is 9.21. The van der Waals surface area contributed by atoms with E-state index in [1.165, 1.54) is 0 Å². The number of pyridine rings is 1. The van der Waals surface area contributed by atoms with E-state index >= 15 is 0 Å². The predicted octanol–water partition coefficient (Wildman–Crippen LogP) is 2.29. The number of aromatic nitrogens is 3. The topological polar surface area (TPSA) is 30.7 Å². The molecule has 0 bridgehead atoms. The molecule has 0 aliphatic heterocycles. The molecule has 0 fully saturated rings. The second-order valence-corrected chi connectivity index (χ2v) is 3.53. The molecule has 72 valence electrons. The van der Waals surface area contributed by atoms with Gasteiger partial charge in [0.2, 0.25) is 0 Å². The molecule has 0 saturated heterocycles. The Balaban J connectivity index is 2.23. The monoisotopic (exact) mass is 207 g/mol. The summed E-state index contributed by atoms with van der Waals surface area (Å²) in [6, 6.07) is 3.87. The number of hydrogen-bond acceptors (Lipinski definition) is 2. The van der Waals surface area contributed by atoms with Crippen molar-refractivity contribution in [3.8, 4) is 0 Å². The smallest absolute Gasteiger partial charge is 0.0675 e. The van der Waals surface area contributed by atoms with Crippen molar-refractivity contribution in [1.82, 2.24) is 14.8 Å². The summed E-state index contributed by atoms with van der Waals surface area (Å²) >= 11 is 5.98. The van der Waals surface area contributed by atoms with Gasteiger partial charge in [-0.2, -0.15) is 5.10 Å². The zero-order chi connectivity index (χ0) is 9.97. The lowest BCUT2D eigenvalue weighted by atomic mass is 10.3. The van der Waals surface area contributed by atoms with Crippen LogP contribution in [0.5, 0.6) is 0 Å². The Labute approximate surface area is 87.3 Å². The minimum atomic E-state index is 0.681. The van der Waals surface area contributed by atoms with E-state index in [0.717, 1.165) is 11.3 Å². The Bertz CT molecular complexity index is 436. The first-order chi connectivity index (χ1) is 6.75. The van der Waals surface area contributed by atoms with Gasteiger partial charge in [-0.15, -0.1) is 0 Å². The summed E-state index contributed by atoms with van der Waals surface area (Å²) in [6.45, 7) is 2.65. The zero-order valence-corrected chi connectivity index (χ0v) is 8.57. The Hall–Kier alpha value is -1.35. The molecule has 0 aliphatic rings. The highest BCUT2D eigenvalue weighted by Crippen LogP contribution is 2.14. The molecule has 14 heavy (non-hydrogen) atoms. The molecule has 0 saturated carbocycles. The van der Waals surface area contributed by atoms with Crippen LogP contribution in [-0.2, 0) is 6.54 Å². The maximum absolute atomic E-state index is 5.98. The van der Waals surface area contributed by atoms with Crippen LogP contribution < -0.4 is 0 Å². The van der Waals surface area contributed by atoms with Gasteiger partial charge in [-0.3, -0.25) is 9.67 Å². The highest BCUT2D eigenvalue weighted by molar-refractivity contribution is 6.31. The summed E-state index contributed by atoms with van der Waals surface area (Å²) in [7, 11) is 0. The highest BCUT2D eigenvalue weighted by Gasteiger charge is 2.01. The van der Waals surface area contributed by atoms with E-state index in [0.29, 0.717) is 11.6 Å². The summed E-state index contributed by atoms with van der Waals surface area (Å²) in [6.07, 6.45) is 5.32. The molecule has 3 nitrogen and oxygen atoms in total. The van der Waals surface area contributed by atoms with E-state index in [4.69, 9.17) is 11.6 Å². The third-order valence-corrected chi connectivity index (χ3v) is 2.30. The molecule has 0 unspecified atom stereocenters. The first-order valence-electron chi connectivity index (χ1n) is 4.34. The van der Waals surface area contributed by atoms with Gasteiger partial charge in [0, 0.05) is 18.6 Å². The van der Waals surface area contributed by atoms with Crippen molar-refractivity contribution >= 4 is 11.6 Å². The Morgan fingerprint density at radius 3 is 2.93 bits per heavy atom. The summed E-state index contributed by atoms with van der Waals surface area (Å²) < 4.78 is 1.86. The molecule has 2 aromatic heterocycles. The van der Waals surface area contributed by atoms with Crippen molar-refractivity contribution in [2.45, 2.75) is 13.5 Å². The zero-order valence-electron chi connectivity index (χ0n) is 7.81.